The lowest BCUT2D eigenvalue weighted by molar-refractivity contribution is -0.138. The van der Waals surface area contributed by atoms with E-state index in [1.54, 1.807) is 6.92 Å². The summed E-state index contributed by atoms with van der Waals surface area (Å²) in [6.45, 7) is 5.16. The van der Waals surface area contributed by atoms with Gasteiger partial charge in [-0.3, -0.25) is 4.79 Å². The maximum absolute atomic E-state index is 13.7. The van der Waals surface area contributed by atoms with Crippen molar-refractivity contribution in [3.8, 4) is 0 Å². The number of piperazine rings is 1. The molecule has 1 N–H and O–H groups in total. The third kappa shape index (κ3) is 4.69. The van der Waals surface area contributed by atoms with Crippen molar-refractivity contribution in [3.63, 3.8) is 0 Å². The van der Waals surface area contributed by atoms with Crippen molar-refractivity contribution < 1.29 is 18.0 Å². The molecule has 1 amide bonds. The molecule has 0 spiro atoms. The molecule has 2 saturated heterocycles. The van der Waals surface area contributed by atoms with Crippen molar-refractivity contribution in [1.82, 2.24) is 25.2 Å². The Labute approximate surface area is 205 Å². The molecule has 3 aromatic rings. The predicted octanol–water partition coefficient (Wildman–Crippen LogP) is 4.11. The van der Waals surface area contributed by atoms with Gasteiger partial charge in [0.2, 0.25) is 5.91 Å². The van der Waals surface area contributed by atoms with Gasteiger partial charge in [0.05, 0.1) is 23.2 Å². The number of carbonyl (C=O) groups excluding carboxylic acids is 1. The van der Waals surface area contributed by atoms with Crippen LogP contribution in [0, 0.1) is 0 Å². The van der Waals surface area contributed by atoms with Gasteiger partial charge < -0.3 is 15.1 Å². The maximum atomic E-state index is 13.7. The zero-order valence-corrected chi connectivity index (χ0v) is 20.0. The smallest absolute Gasteiger partial charge is 0.368 e. The second-order valence-electron chi connectivity index (χ2n) is 9.07. The van der Waals surface area contributed by atoms with Gasteiger partial charge in [-0.25, -0.2) is 4.68 Å². The van der Waals surface area contributed by atoms with Gasteiger partial charge in [0.15, 0.2) is 0 Å². The van der Waals surface area contributed by atoms with Crippen LogP contribution in [-0.4, -0.2) is 64.6 Å². The fourth-order valence-electron chi connectivity index (χ4n) is 4.98. The number of benzene rings is 2. The molecule has 11 heteroatoms. The zero-order chi connectivity index (χ0) is 24.7. The second kappa shape index (κ2) is 9.31. The Morgan fingerprint density at radius 1 is 1.14 bits per heavy atom. The fraction of sp³-hybridized carbons (Fsp3) is 0.458. The number of hydrogen-bond acceptors (Lipinski definition) is 5. The highest BCUT2D eigenvalue weighted by atomic mass is 35.5. The van der Waals surface area contributed by atoms with E-state index in [2.05, 4.69) is 20.5 Å². The molecular weight excluding hydrogens is 481 g/mol. The summed E-state index contributed by atoms with van der Waals surface area (Å²) >= 11 is 5.85. The summed E-state index contributed by atoms with van der Waals surface area (Å²) in [7, 11) is 0. The standard InChI is InChI=1S/C24H26ClF3N6O/c1-15(18-6-4-16(25)13-19(18)24(26,27)28)34-22-14-17(5-7-20(22)30-31-34)32-9-11-33(12-10-32)23(35)21-3-2-8-29-21/h4-7,13-15,21,29H,2-3,8-12H2,1H3/t15?,21-/m1/s1. The lowest BCUT2D eigenvalue weighted by Crippen LogP contribution is -2.53. The molecule has 2 fully saturated rings. The van der Waals surface area contributed by atoms with Gasteiger partial charge in [-0.1, -0.05) is 22.9 Å². The van der Waals surface area contributed by atoms with Crippen molar-refractivity contribution in [2.45, 2.75) is 38.0 Å². The molecule has 2 aromatic carbocycles. The number of fused-ring (bicyclic) bond motifs is 1. The van der Waals surface area contributed by atoms with Gasteiger partial charge in [-0.2, -0.15) is 13.2 Å². The van der Waals surface area contributed by atoms with E-state index in [9.17, 15) is 18.0 Å². The summed E-state index contributed by atoms with van der Waals surface area (Å²) in [5.41, 5.74) is 1.46. The lowest BCUT2D eigenvalue weighted by atomic mass is 10.0. The van der Waals surface area contributed by atoms with Crippen LogP contribution in [0.2, 0.25) is 5.02 Å². The number of nitrogens with zero attached hydrogens (tertiary/aromatic N) is 5. The van der Waals surface area contributed by atoms with Gasteiger partial charge in [-0.05, 0) is 62.2 Å². The van der Waals surface area contributed by atoms with E-state index in [4.69, 9.17) is 11.6 Å². The van der Waals surface area contributed by atoms with E-state index >= 15 is 0 Å². The van der Waals surface area contributed by atoms with Crippen LogP contribution in [0.4, 0.5) is 18.9 Å². The Kier molecular flexibility index (Phi) is 6.35. The monoisotopic (exact) mass is 506 g/mol. The third-order valence-corrected chi connectivity index (χ3v) is 7.14. The van der Waals surface area contributed by atoms with Gasteiger partial charge in [0, 0.05) is 36.9 Å². The molecule has 3 heterocycles. The SMILES string of the molecule is CC(c1ccc(Cl)cc1C(F)(F)F)n1nnc2ccc(N3CCN(C(=O)[C@H]4CCCN4)CC3)cc21. The van der Waals surface area contributed by atoms with E-state index in [1.165, 1.54) is 16.8 Å². The molecule has 0 radical (unpaired) electrons. The number of alkyl halides is 3. The first-order valence-corrected chi connectivity index (χ1v) is 12.1. The van der Waals surface area contributed by atoms with Crippen LogP contribution in [-0.2, 0) is 11.0 Å². The minimum atomic E-state index is -4.54. The number of nitrogens with one attached hydrogen (secondary N) is 1. The zero-order valence-electron chi connectivity index (χ0n) is 19.2. The molecule has 2 atom stereocenters. The summed E-state index contributed by atoms with van der Waals surface area (Å²) in [5, 5.41) is 11.6. The summed E-state index contributed by atoms with van der Waals surface area (Å²) < 4.78 is 42.6. The number of amides is 1. The van der Waals surface area contributed by atoms with Crippen LogP contribution in [0.25, 0.3) is 11.0 Å². The van der Waals surface area contributed by atoms with Crippen LogP contribution in [0.15, 0.2) is 36.4 Å². The molecule has 0 aliphatic carbocycles. The highest BCUT2D eigenvalue weighted by Crippen LogP contribution is 2.38. The van der Waals surface area contributed by atoms with Crippen molar-refractivity contribution in [1.29, 1.82) is 0 Å². The number of carbonyl (C=O) groups is 1. The van der Waals surface area contributed by atoms with Crippen LogP contribution in [0.1, 0.15) is 36.9 Å². The Hall–Kier alpha value is -2.85. The molecule has 1 aromatic heterocycles. The predicted molar refractivity (Wildman–Crippen MR) is 128 cm³/mol. The Balaban J connectivity index is 1.38. The van der Waals surface area contributed by atoms with Gasteiger partial charge in [0.1, 0.15) is 5.52 Å². The number of aromatic nitrogens is 3. The fourth-order valence-corrected chi connectivity index (χ4v) is 5.15. The second-order valence-corrected chi connectivity index (χ2v) is 9.51. The average Bonchev–Trinajstić information content (AvgIpc) is 3.53. The van der Waals surface area contributed by atoms with Crippen LogP contribution in [0.5, 0.6) is 0 Å². The molecule has 35 heavy (non-hydrogen) atoms. The van der Waals surface area contributed by atoms with Crippen molar-refractivity contribution in [2.75, 3.05) is 37.6 Å². The molecule has 1 unspecified atom stereocenters. The van der Waals surface area contributed by atoms with E-state index in [-0.39, 0.29) is 22.5 Å². The summed E-state index contributed by atoms with van der Waals surface area (Å²) in [5.74, 6) is 0.164. The van der Waals surface area contributed by atoms with Crippen molar-refractivity contribution in [3.05, 3.63) is 52.5 Å². The molecule has 5 rings (SSSR count). The number of halogens is 4. The largest absolute Gasteiger partial charge is 0.416 e. The third-order valence-electron chi connectivity index (χ3n) is 6.91. The average molecular weight is 507 g/mol. The molecule has 0 saturated carbocycles. The van der Waals surface area contributed by atoms with E-state index in [0.717, 1.165) is 31.1 Å². The lowest BCUT2D eigenvalue weighted by Gasteiger charge is -2.37. The van der Waals surface area contributed by atoms with Crippen molar-refractivity contribution >= 4 is 34.2 Å². The van der Waals surface area contributed by atoms with Crippen LogP contribution >= 0.6 is 11.6 Å². The highest BCUT2D eigenvalue weighted by molar-refractivity contribution is 6.30. The molecular formula is C24H26ClF3N6O. The normalized spacial score (nSPS) is 20.0. The number of anilines is 1. The van der Waals surface area contributed by atoms with E-state index in [1.807, 2.05) is 23.1 Å². The highest BCUT2D eigenvalue weighted by Gasteiger charge is 2.35. The summed E-state index contributed by atoms with van der Waals surface area (Å²) in [6.07, 6.45) is -2.63. The van der Waals surface area contributed by atoms with E-state index in [0.29, 0.717) is 37.2 Å². The first-order chi connectivity index (χ1) is 16.7. The minimum Gasteiger partial charge on any atom is -0.368 e. The Morgan fingerprint density at radius 2 is 1.91 bits per heavy atom. The molecule has 186 valence electrons. The minimum absolute atomic E-state index is 0.0281. The Morgan fingerprint density at radius 3 is 2.60 bits per heavy atom. The first kappa shape index (κ1) is 23.9. The van der Waals surface area contributed by atoms with Gasteiger partial charge in [-0.15, -0.1) is 5.10 Å². The van der Waals surface area contributed by atoms with E-state index < -0.39 is 17.8 Å². The first-order valence-electron chi connectivity index (χ1n) is 11.7. The molecule has 0 bridgehead atoms. The number of hydrogen-bond donors (Lipinski definition) is 1. The maximum Gasteiger partial charge on any atom is 0.416 e. The molecule has 2 aliphatic heterocycles. The topological polar surface area (TPSA) is 66.3 Å². The van der Waals surface area contributed by atoms with Crippen LogP contribution in [0.3, 0.4) is 0 Å². The van der Waals surface area contributed by atoms with Crippen LogP contribution < -0.4 is 10.2 Å². The Bertz CT molecular complexity index is 1230. The van der Waals surface area contributed by atoms with Crippen molar-refractivity contribution in [2.24, 2.45) is 0 Å². The molecule has 2 aliphatic rings. The van der Waals surface area contributed by atoms with Gasteiger partial charge in [0.25, 0.3) is 0 Å². The number of rotatable bonds is 4. The molecule has 7 nitrogen and oxygen atoms in total. The summed E-state index contributed by atoms with van der Waals surface area (Å²) in [4.78, 5) is 16.8. The summed E-state index contributed by atoms with van der Waals surface area (Å²) in [6, 6.07) is 8.67. The quantitative estimate of drug-likeness (QED) is 0.577. The van der Waals surface area contributed by atoms with Gasteiger partial charge >= 0.3 is 6.18 Å².